The van der Waals surface area contributed by atoms with Crippen molar-refractivity contribution in [2.75, 3.05) is 13.1 Å². The van der Waals surface area contributed by atoms with E-state index in [2.05, 4.69) is 6.92 Å². The molecule has 94 valence electrons. The highest BCUT2D eigenvalue weighted by atomic mass is 16.4. The van der Waals surface area contributed by atoms with Crippen molar-refractivity contribution in [3.05, 3.63) is 11.6 Å². The largest absolute Gasteiger partial charge is 0.481 e. The molecule has 4 nitrogen and oxygen atoms in total. The van der Waals surface area contributed by atoms with E-state index in [4.69, 9.17) is 5.11 Å². The number of hydrogen-bond acceptors (Lipinski definition) is 2. The Morgan fingerprint density at radius 2 is 2.18 bits per heavy atom. The van der Waals surface area contributed by atoms with Gasteiger partial charge in [0.15, 0.2) is 0 Å². The highest BCUT2D eigenvalue weighted by Crippen LogP contribution is 2.29. The van der Waals surface area contributed by atoms with Gasteiger partial charge in [-0.05, 0) is 31.6 Å². The maximum atomic E-state index is 11.9. The highest BCUT2D eigenvalue weighted by Gasteiger charge is 2.30. The Morgan fingerprint density at radius 1 is 1.41 bits per heavy atom. The summed E-state index contributed by atoms with van der Waals surface area (Å²) in [5, 5.41) is 8.88. The molecule has 1 amide bonds. The van der Waals surface area contributed by atoms with Crippen molar-refractivity contribution in [3.8, 4) is 0 Å². The van der Waals surface area contributed by atoms with E-state index in [1.54, 1.807) is 11.0 Å². The van der Waals surface area contributed by atoms with Crippen LogP contribution in [0, 0.1) is 11.8 Å². The molecule has 4 heteroatoms. The van der Waals surface area contributed by atoms with Crippen LogP contribution in [-0.2, 0) is 9.59 Å². The van der Waals surface area contributed by atoms with Crippen LogP contribution in [0.1, 0.15) is 32.6 Å². The first-order chi connectivity index (χ1) is 8.06. The van der Waals surface area contributed by atoms with Crippen LogP contribution in [0.2, 0.25) is 0 Å². The van der Waals surface area contributed by atoms with Gasteiger partial charge in [-0.1, -0.05) is 12.5 Å². The molecule has 2 aliphatic rings. The average Bonchev–Trinajstić information content (AvgIpc) is 2.86. The minimum absolute atomic E-state index is 0.00199. The summed E-state index contributed by atoms with van der Waals surface area (Å²) in [4.78, 5) is 24.4. The van der Waals surface area contributed by atoms with Crippen LogP contribution >= 0.6 is 0 Å². The summed E-state index contributed by atoms with van der Waals surface area (Å²) in [7, 11) is 0. The zero-order valence-corrected chi connectivity index (χ0v) is 10.2. The van der Waals surface area contributed by atoms with Crippen molar-refractivity contribution in [1.82, 2.24) is 4.90 Å². The molecule has 2 fully saturated rings. The normalized spacial score (nSPS) is 31.1. The van der Waals surface area contributed by atoms with Crippen LogP contribution < -0.4 is 0 Å². The number of aliphatic carboxylic acids is 1. The minimum atomic E-state index is -0.789. The van der Waals surface area contributed by atoms with Crippen molar-refractivity contribution < 1.29 is 14.7 Å². The lowest BCUT2D eigenvalue weighted by atomic mass is 10.1. The first kappa shape index (κ1) is 12.1. The summed E-state index contributed by atoms with van der Waals surface area (Å²) in [5.41, 5.74) is 1.22. The maximum absolute atomic E-state index is 11.9. The van der Waals surface area contributed by atoms with Crippen LogP contribution in [0.5, 0.6) is 0 Å². The Kier molecular flexibility index (Phi) is 3.50. The number of likely N-dealkylation sites (tertiary alicyclic amines) is 1. The summed E-state index contributed by atoms with van der Waals surface area (Å²) in [6.07, 6.45) is 5.51. The van der Waals surface area contributed by atoms with Crippen LogP contribution in [0.4, 0.5) is 0 Å². The lowest BCUT2D eigenvalue weighted by Crippen LogP contribution is -2.28. The number of nitrogens with zero attached hydrogens (tertiary/aromatic N) is 1. The molecule has 0 bridgehead atoms. The topological polar surface area (TPSA) is 57.6 Å². The van der Waals surface area contributed by atoms with E-state index in [0.717, 1.165) is 19.3 Å². The van der Waals surface area contributed by atoms with Crippen LogP contribution in [-0.4, -0.2) is 35.0 Å². The molecule has 0 aromatic carbocycles. The first-order valence-corrected chi connectivity index (χ1v) is 6.27. The number of rotatable bonds is 2. The number of carboxylic acid groups (broad SMARTS) is 1. The third-order valence-corrected chi connectivity index (χ3v) is 3.75. The second-order valence-corrected chi connectivity index (χ2v) is 5.26. The van der Waals surface area contributed by atoms with E-state index in [9.17, 15) is 9.59 Å². The van der Waals surface area contributed by atoms with Crippen molar-refractivity contribution in [3.63, 3.8) is 0 Å². The fraction of sp³-hybridized carbons (Fsp3) is 0.692. The number of hydrogen-bond donors (Lipinski definition) is 1. The molecule has 1 heterocycles. The van der Waals surface area contributed by atoms with E-state index in [1.165, 1.54) is 5.57 Å². The van der Waals surface area contributed by atoms with Crippen LogP contribution in [0.15, 0.2) is 11.6 Å². The van der Waals surface area contributed by atoms with E-state index in [-0.39, 0.29) is 11.8 Å². The molecule has 0 spiro atoms. The van der Waals surface area contributed by atoms with E-state index in [1.807, 2.05) is 0 Å². The van der Waals surface area contributed by atoms with Gasteiger partial charge in [0.05, 0.1) is 5.92 Å². The lowest BCUT2D eigenvalue weighted by molar-refractivity contribution is -0.141. The fourth-order valence-corrected chi connectivity index (χ4v) is 2.64. The van der Waals surface area contributed by atoms with Gasteiger partial charge >= 0.3 is 5.97 Å². The number of amides is 1. The zero-order valence-electron chi connectivity index (χ0n) is 10.2. The van der Waals surface area contributed by atoms with E-state index < -0.39 is 5.97 Å². The van der Waals surface area contributed by atoms with E-state index in [0.29, 0.717) is 25.4 Å². The quantitative estimate of drug-likeness (QED) is 0.743. The molecule has 17 heavy (non-hydrogen) atoms. The summed E-state index contributed by atoms with van der Waals surface area (Å²) in [5.74, 6) is -0.487. The van der Waals surface area contributed by atoms with Gasteiger partial charge in [0, 0.05) is 19.2 Å². The van der Waals surface area contributed by atoms with Crippen LogP contribution in [0.3, 0.4) is 0 Å². The maximum Gasteiger partial charge on any atom is 0.308 e. The van der Waals surface area contributed by atoms with Gasteiger partial charge in [0.2, 0.25) is 5.91 Å². The summed E-state index contributed by atoms with van der Waals surface area (Å²) in [6, 6.07) is 0. The predicted molar refractivity (Wildman–Crippen MR) is 63.4 cm³/mol. The second kappa shape index (κ2) is 4.90. The molecular weight excluding hydrogens is 218 g/mol. The van der Waals surface area contributed by atoms with Crippen molar-refractivity contribution in [1.29, 1.82) is 0 Å². The Hall–Kier alpha value is -1.32. The first-order valence-electron chi connectivity index (χ1n) is 6.27. The Bertz CT molecular complexity index is 362. The van der Waals surface area contributed by atoms with Gasteiger partial charge in [-0.2, -0.15) is 0 Å². The second-order valence-electron chi connectivity index (χ2n) is 5.26. The molecule has 1 aliphatic heterocycles. The SMILES string of the molecule is C[C@@H]1CC/C(=C\C(=O)N2CC[C@@H](C(=O)O)C2)C1. The van der Waals surface area contributed by atoms with Crippen molar-refractivity contribution in [2.45, 2.75) is 32.6 Å². The zero-order chi connectivity index (χ0) is 12.4. The molecule has 0 unspecified atom stereocenters. The Labute approximate surface area is 101 Å². The van der Waals surface area contributed by atoms with E-state index >= 15 is 0 Å². The Balaban J connectivity index is 1.91. The number of carbonyl (C=O) groups excluding carboxylic acids is 1. The third kappa shape index (κ3) is 2.87. The van der Waals surface area contributed by atoms with Gasteiger partial charge in [0.1, 0.15) is 0 Å². The molecule has 0 aromatic rings. The molecule has 2 rings (SSSR count). The fourth-order valence-electron chi connectivity index (χ4n) is 2.64. The summed E-state index contributed by atoms with van der Waals surface area (Å²) >= 11 is 0. The highest BCUT2D eigenvalue weighted by molar-refractivity contribution is 5.89. The number of carbonyl (C=O) groups is 2. The smallest absolute Gasteiger partial charge is 0.308 e. The van der Waals surface area contributed by atoms with Gasteiger partial charge in [-0.3, -0.25) is 9.59 Å². The molecule has 1 saturated carbocycles. The molecule has 1 aliphatic carbocycles. The monoisotopic (exact) mass is 237 g/mol. The molecule has 0 radical (unpaired) electrons. The summed E-state index contributed by atoms with van der Waals surface area (Å²) in [6.45, 7) is 3.14. The lowest BCUT2D eigenvalue weighted by Gasteiger charge is -2.13. The molecule has 2 atom stereocenters. The van der Waals surface area contributed by atoms with Crippen molar-refractivity contribution >= 4 is 11.9 Å². The van der Waals surface area contributed by atoms with Crippen LogP contribution in [0.25, 0.3) is 0 Å². The third-order valence-electron chi connectivity index (χ3n) is 3.75. The van der Waals surface area contributed by atoms with Gasteiger partial charge in [-0.15, -0.1) is 0 Å². The molecular formula is C13H19NO3. The number of allylic oxidation sites excluding steroid dienone is 1. The summed E-state index contributed by atoms with van der Waals surface area (Å²) < 4.78 is 0. The van der Waals surface area contributed by atoms with Crippen molar-refractivity contribution in [2.24, 2.45) is 11.8 Å². The molecule has 1 saturated heterocycles. The Morgan fingerprint density at radius 3 is 2.71 bits per heavy atom. The number of carboxylic acids is 1. The minimum Gasteiger partial charge on any atom is -0.481 e. The van der Waals surface area contributed by atoms with Gasteiger partial charge in [0.25, 0.3) is 0 Å². The molecule has 0 aromatic heterocycles. The standard InChI is InChI=1S/C13H19NO3/c1-9-2-3-10(6-9)7-12(15)14-5-4-11(8-14)13(16)17/h7,9,11H,2-6,8H2,1H3,(H,16,17)/b10-7+/t9-,11-/m1/s1. The van der Waals surface area contributed by atoms with Gasteiger partial charge in [-0.25, -0.2) is 0 Å². The predicted octanol–water partition coefficient (Wildman–Crippen LogP) is 1.67. The average molecular weight is 237 g/mol. The van der Waals surface area contributed by atoms with Gasteiger partial charge < -0.3 is 10.0 Å². The molecule has 1 N–H and O–H groups in total.